The number of carbonyl (C=O) groups is 1. The Morgan fingerprint density at radius 1 is 1.06 bits per heavy atom. The molecule has 1 amide bonds. The highest BCUT2D eigenvalue weighted by Crippen LogP contribution is 2.32. The molecule has 2 aromatic carbocycles. The number of hydrogen-bond acceptors (Lipinski definition) is 5. The van der Waals surface area contributed by atoms with Gasteiger partial charge in [-0.1, -0.05) is 55.4 Å². The molecule has 32 heavy (non-hydrogen) atoms. The molecule has 2 aromatic heterocycles. The molecular weight excluding hydrogens is 418 g/mol. The second-order valence-corrected chi connectivity index (χ2v) is 8.72. The maximum Gasteiger partial charge on any atom is 0.260 e. The molecule has 2 heterocycles. The van der Waals surface area contributed by atoms with Crippen molar-refractivity contribution in [1.82, 2.24) is 9.97 Å². The Kier molecular flexibility index (Phi) is 7.12. The number of benzene rings is 2. The van der Waals surface area contributed by atoms with Crippen molar-refractivity contribution >= 4 is 32.6 Å². The number of nitrogens with zero attached hydrogens (tertiary/aromatic N) is 3. The monoisotopic (exact) mass is 445 g/mol. The van der Waals surface area contributed by atoms with Crippen molar-refractivity contribution < 1.29 is 9.53 Å². The predicted octanol–water partition coefficient (Wildman–Crippen LogP) is 6.42. The van der Waals surface area contributed by atoms with Gasteiger partial charge in [0.2, 0.25) is 0 Å². The summed E-state index contributed by atoms with van der Waals surface area (Å²) in [5, 5.41) is 0.666. The van der Waals surface area contributed by atoms with Gasteiger partial charge in [0.25, 0.3) is 5.91 Å². The standard InChI is InChI=1S/C26H27N3O2S/c1-3-4-7-16-31-22-13-9-11-20(17-22)25(30)29(18-21-12-5-6-15-27-21)26-28-24-19(2)10-8-14-23(24)32-26/h5-6,8-15,17H,3-4,7,16,18H2,1-2H3. The van der Waals surface area contributed by atoms with Crippen LogP contribution in [0, 0.1) is 6.92 Å². The molecule has 0 aliphatic rings. The number of hydrogen-bond donors (Lipinski definition) is 0. The molecule has 0 saturated carbocycles. The van der Waals surface area contributed by atoms with E-state index in [0.717, 1.165) is 40.7 Å². The fraction of sp³-hybridized carbons (Fsp3) is 0.269. The Morgan fingerprint density at radius 2 is 1.94 bits per heavy atom. The number of fused-ring (bicyclic) bond motifs is 1. The molecule has 164 valence electrons. The van der Waals surface area contributed by atoms with Gasteiger partial charge in [-0.25, -0.2) is 4.98 Å². The van der Waals surface area contributed by atoms with Crippen LogP contribution < -0.4 is 9.64 Å². The van der Waals surface area contributed by atoms with Gasteiger partial charge in [0.15, 0.2) is 5.13 Å². The van der Waals surface area contributed by atoms with Crippen LogP contribution in [-0.2, 0) is 6.54 Å². The van der Waals surface area contributed by atoms with Crippen LogP contribution in [-0.4, -0.2) is 22.5 Å². The molecule has 4 aromatic rings. The molecule has 0 unspecified atom stereocenters. The number of anilines is 1. The van der Waals surface area contributed by atoms with E-state index in [1.54, 1.807) is 11.1 Å². The van der Waals surface area contributed by atoms with Gasteiger partial charge in [0.1, 0.15) is 5.75 Å². The summed E-state index contributed by atoms with van der Waals surface area (Å²) in [5.41, 5.74) is 3.41. The van der Waals surface area contributed by atoms with Gasteiger partial charge in [0, 0.05) is 11.8 Å². The number of unbranched alkanes of at least 4 members (excludes halogenated alkanes) is 2. The van der Waals surface area contributed by atoms with Crippen molar-refractivity contribution in [2.75, 3.05) is 11.5 Å². The number of amides is 1. The van der Waals surface area contributed by atoms with Crippen LogP contribution in [0.15, 0.2) is 66.9 Å². The van der Waals surface area contributed by atoms with E-state index in [4.69, 9.17) is 9.72 Å². The first-order chi connectivity index (χ1) is 15.7. The van der Waals surface area contributed by atoms with Crippen LogP contribution >= 0.6 is 11.3 Å². The van der Waals surface area contributed by atoms with Gasteiger partial charge < -0.3 is 4.74 Å². The summed E-state index contributed by atoms with van der Waals surface area (Å²) in [5.74, 6) is 0.594. The fourth-order valence-electron chi connectivity index (χ4n) is 3.49. The quantitative estimate of drug-likeness (QED) is 0.279. The lowest BCUT2D eigenvalue weighted by Gasteiger charge is -2.20. The Labute approximate surface area is 192 Å². The summed E-state index contributed by atoms with van der Waals surface area (Å²) in [6, 6.07) is 19.2. The third kappa shape index (κ3) is 5.14. The van der Waals surface area contributed by atoms with E-state index >= 15 is 0 Å². The second-order valence-electron chi connectivity index (χ2n) is 7.71. The van der Waals surface area contributed by atoms with Gasteiger partial charge in [0.05, 0.1) is 29.1 Å². The van der Waals surface area contributed by atoms with Gasteiger partial charge in [-0.15, -0.1) is 0 Å². The summed E-state index contributed by atoms with van der Waals surface area (Å²) in [6.45, 7) is 5.20. The number of rotatable bonds is 9. The summed E-state index contributed by atoms with van der Waals surface area (Å²) in [4.78, 5) is 24.6. The minimum absolute atomic E-state index is 0.119. The molecule has 5 nitrogen and oxygen atoms in total. The molecule has 0 atom stereocenters. The molecular formula is C26H27N3O2S. The SMILES string of the molecule is CCCCCOc1cccc(C(=O)N(Cc2ccccn2)c2nc3c(C)cccc3s2)c1. The maximum atomic E-state index is 13.6. The minimum Gasteiger partial charge on any atom is -0.494 e. The summed E-state index contributed by atoms with van der Waals surface area (Å²) < 4.78 is 6.93. The Balaban J connectivity index is 1.65. The van der Waals surface area contributed by atoms with Crippen LogP contribution in [0.25, 0.3) is 10.2 Å². The van der Waals surface area contributed by atoms with Crippen molar-refractivity contribution in [3.63, 3.8) is 0 Å². The Bertz CT molecular complexity index is 1190. The minimum atomic E-state index is -0.119. The second kappa shape index (κ2) is 10.4. The zero-order valence-corrected chi connectivity index (χ0v) is 19.3. The van der Waals surface area contributed by atoms with E-state index in [0.29, 0.717) is 29.6 Å². The van der Waals surface area contributed by atoms with Crippen molar-refractivity contribution in [3.8, 4) is 5.75 Å². The molecule has 6 heteroatoms. The Hall–Kier alpha value is -3.25. The molecule has 0 radical (unpaired) electrons. The van der Waals surface area contributed by atoms with Crippen LogP contribution in [0.1, 0.15) is 47.8 Å². The van der Waals surface area contributed by atoms with Gasteiger partial charge in [-0.2, -0.15) is 0 Å². The number of aryl methyl sites for hydroxylation is 1. The average Bonchev–Trinajstić information content (AvgIpc) is 3.26. The average molecular weight is 446 g/mol. The summed E-state index contributed by atoms with van der Waals surface area (Å²) >= 11 is 1.52. The van der Waals surface area contributed by atoms with Crippen molar-refractivity contribution in [3.05, 3.63) is 83.7 Å². The first-order valence-electron chi connectivity index (χ1n) is 11.0. The first kappa shape index (κ1) is 22.0. The smallest absolute Gasteiger partial charge is 0.260 e. The molecule has 0 spiro atoms. The summed E-state index contributed by atoms with van der Waals surface area (Å²) in [7, 11) is 0. The van der Waals surface area contributed by atoms with Crippen LogP contribution in [0.5, 0.6) is 5.75 Å². The maximum absolute atomic E-state index is 13.6. The van der Waals surface area contributed by atoms with Gasteiger partial charge >= 0.3 is 0 Å². The van der Waals surface area contributed by atoms with Gasteiger partial charge in [-0.3, -0.25) is 14.7 Å². The number of pyridine rings is 1. The zero-order chi connectivity index (χ0) is 22.3. The molecule has 0 aliphatic carbocycles. The van der Waals surface area contributed by atoms with Crippen LogP contribution in [0.4, 0.5) is 5.13 Å². The highest BCUT2D eigenvalue weighted by Gasteiger charge is 2.23. The van der Waals surface area contributed by atoms with Crippen LogP contribution in [0.3, 0.4) is 0 Å². The van der Waals surface area contributed by atoms with Crippen molar-refractivity contribution in [2.24, 2.45) is 0 Å². The normalized spacial score (nSPS) is 10.9. The van der Waals surface area contributed by atoms with E-state index in [2.05, 4.69) is 11.9 Å². The lowest BCUT2D eigenvalue weighted by atomic mass is 10.2. The molecule has 0 aliphatic heterocycles. The third-order valence-electron chi connectivity index (χ3n) is 5.23. The largest absolute Gasteiger partial charge is 0.494 e. The molecule has 0 bridgehead atoms. The van der Waals surface area contributed by atoms with E-state index in [9.17, 15) is 4.79 Å². The number of carbonyl (C=O) groups excluding carboxylic acids is 1. The number of para-hydroxylation sites is 1. The van der Waals surface area contributed by atoms with E-state index < -0.39 is 0 Å². The topological polar surface area (TPSA) is 55.3 Å². The zero-order valence-electron chi connectivity index (χ0n) is 18.5. The van der Waals surface area contributed by atoms with Crippen molar-refractivity contribution in [2.45, 2.75) is 39.7 Å². The number of ether oxygens (including phenoxy) is 1. The molecule has 0 saturated heterocycles. The van der Waals surface area contributed by atoms with Crippen molar-refractivity contribution in [1.29, 1.82) is 0 Å². The molecule has 0 fully saturated rings. The van der Waals surface area contributed by atoms with E-state index in [1.807, 2.05) is 67.6 Å². The lowest BCUT2D eigenvalue weighted by Crippen LogP contribution is -2.30. The van der Waals surface area contributed by atoms with Gasteiger partial charge in [-0.05, 0) is 55.3 Å². The number of thiazole rings is 1. The van der Waals surface area contributed by atoms with Crippen LogP contribution in [0.2, 0.25) is 0 Å². The predicted molar refractivity (Wildman–Crippen MR) is 131 cm³/mol. The fourth-order valence-corrected chi connectivity index (χ4v) is 4.53. The third-order valence-corrected chi connectivity index (χ3v) is 6.27. The Morgan fingerprint density at radius 3 is 2.72 bits per heavy atom. The highest BCUT2D eigenvalue weighted by molar-refractivity contribution is 7.22. The number of aromatic nitrogens is 2. The lowest BCUT2D eigenvalue weighted by molar-refractivity contribution is 0.0984. The molecule has 0 N–H and O–H groups in total. The highest BCUT2D eigenvalue weighted by atomic mass is 32.1. The van der Waals surface area contributed by atoms with E-state index in [1.165, 1.54) is 11.3 Å². The summed E-state index contributed by atoms with van der Waals surface area (Å²) in [6.07, 6.45) is 5.02. The van der Waals surface area contributed by atoms with E-state index in [-0.39, 0.29) is 5.91 Å². The first-order valence-corrected chi connectivity index (χ1v) is 11.8. The molecule has 4 rings (SSSR count).